The van der Waals surface area contributed by atoms with Gasteiger partial charge in [0.25, 0.3) is 5.91 Å². The van der Waals surface area contributed by atoms with Crippen molar-refractivity contribution < 1.29 is 18.1 Å². The molecule has 0 aliphatic heterocycles. The Morgan fingerprint density at radius 2 is 2.00 bits per heavy atom. The summed E-state index contributed by atoms with van der Waals surface area (Å²) in [5, 5.41) is 11.3. The van der Waals surface area contributed by atoms with Crippen LogP contribution in [-0.2, 0) is 11.0 Å². The standard InChI is InChI=1S/C25H32N6O4Si/c1-16-9-8-10-18(11-16)22-21(27-15-33-22)23(32)29-20-13-28-31(30-20)14-19-12-26-24(34-19)17(2)35-36(6,7)25(3,4)5/h8-13,15,17H,14H2,1-7H3,(H,29,30,32). The number of oxazole rings is 2. The van der Waals surface area contributed by atoms with E-state index in [1.54, 1.807) is 6.20 Å². The van der Waals surface area contributed by atoms with Gasteiger partial charge in [-0.1, -0.05) is 44.5 Å². The number of hydrogen-bond donors (Lipinski definition) is 1. The summed E-state index contributed by atoms with van der Waals surface area (Å²) in [6.45, 7) is 15.1. The number of hydrogen-bond acceptors (Lipinski definition) is 8. The van der Waals surface area contributed by atoms with Crippen molar-refractivity contribution in [3.63, 3.8) is 0 Å². The largest absolute Gasteiger partial charge is 0.443 e. The van der Waals surface area contributed by atoms with Crippen LogP contribution in [0.1, 0.15) is 61.5 Å². The molecule has 4 aromatic rings. The van der Waals surface area contributed by atoms with E-state index in [1.807, 2.05) is 38.1 Å². The van der Waals surface area contributed by atoms with Gasteiger partial charge in [-0.15, -0.1) is 5.10 Å². The Labute approximate surface area is 211 Å². The van der Waals surface area contributed by atoms with Gasteiger partial charge in [0.15, 0.2) is 32.0 Å². The van der Waals surface area contributed by atoms with Crippen LogP contribution in [0.4, 0.5) is 5.82 Å². The molecule has 1 atom stereocenters. The minimum absolute atomic E-state index is 0.0866. The van der Waals surface area contributed by atoms with Crippen molar-refractivity contribution in [2.75, 3.05) is 5.32 Å². The molecule has 4 rings (SSSR count). The summed E-state index contributed by atoms with van der Waals surface area (Å²) in [7, 11) is -1.96. The molecule has 0 aliphatic rings. The number of carbonyl (C=O) groups excluding carboxylic acids is 1. The zero-order valence-electron chi connectivity index (χ0n) is 21.7. The molecular weight excluding hydrogens is 476 g/mol. The van der Waals surface area contributed by atoms with Crippen LogP contribution < -0.4 is 5.32 Å². The molecule has 3 heterocycles. The van der Waals surface area contributed by atoms with Crippen LogP contribution in [-0.4, -0.2) is 39.2 Å². The molecule has 0 spiro atoms. The van der Waals surface area contributed by atoms with E-state index in [2.05, 4.69) is 59.3 Å². The maximum atomic E-state index is 12.8. The van der Waals surface area contributed by atoms with E-state index in [-0.39, 0.29) is 29.2 Å². The number of rotatable bonds is 8. The van der Waals surface area contributed by atoms with Crippen LogP contribution in [0.5, 0.6) is 0 Å². The highest BCUT2D eigenvalue weighted by molar-refractivity contribution is 6.74. The second-order valence-corrected chi connectivity index (χ2v) is 15.1. The predicted octanol–water partition coefficient (Wildman–Crippen LogP) is 5.61. The fraction of sp³-hybridized carbons (Fsp3) is 0.400. The fourth-order valence-electron chi connectivity index (χ4n) is 3.40. The third-order valence-electron chi connectivity index (χ3n) is 6.33. The van der Waals surface area contributed by atoms with Crippen molar-refractivity contribution in [1.29, 1.82) is 0 Å². The molecule has 1 amide bonds. The van der Waals surface area contributed by atoms with E-state index in [4.69, 9.17) is 13.3 Å². The van der Waals surface area contributed by atoms with Gasteiger partial charge in [0.2, 0.25) is 5.89 Å². The molecule has 190 valence electrons. The Balaban J connectivity index is 1.40. The Bertz CT molecular complexity index is 1350. The second-order valence-electron chi connectivity index (χ2n) is 10.3. The summed E-state index contributed by atoms with van der Waals surface area (Å²) in [5.41, 5.74) is 2.00. The van der Waals surface area contributed by atoms with Crippen molar-refractivity contribution in [3.8, 4) is 11.3 Å². The Morgan fingerprint density at radius 1 is 1.22 bits per heavy atom. The number of carbonyl (C=O) groups is 1. The van der Waals surface area contributed by atoms with E-state index < -0.39 is 14.2 Å². The van der Waals surface area contributed by atoms with Crippen LogP contribution in [0.15, 0.2) is 51.9 Å². The number of amides is 1. The first-order valence-electron chi connectivity index (χ1n) is 11.8. The second kappa shape index (κ2) is 9.82. The Kier molecular flexibility index (Phi) is 6.96. The van der Waals surface area contributed by atoms with E-state index in [1.165, 1.54) is 17.4 Å². The molecule has 0 radical (unpaired) electrons. The zero-order valence-corrected chi connectivity index (χ0v) is 22.7. The van der Waals surface area contributed by atoms with Gasteiger partial charge in [-0.3, -0.25) is 4.79 Å². The lowest BCUT2D eigenvalue weighted by Crippen LogP contribution is -2.41. The van der Waals surface area contributed by atoms with Gasteiger partial charge in [0.05, 0.1) is 12.4 Å². The van der Waals surface area contributed by atoms with E-state index in [9.17, 15) is 4.79 Å². The minimum Gasteiger partial charge on any atom is -0.443 e. The lowest BCUT2D eigenvalue weighted by Gasteiger charge is -2.37. The van der Waals surface area contributed by atoms with E-state index in [0.29, 0.717) is 17.4 Å². The smallest absolute Gasteiger partial charge is 0.279 e. The van der Waals surface area contributed by atoms with Crippen LogP contribution >= 0.6 is 0 Å². The van der Waals surface area contributed by atoms with Crippen molar-refractivity contribution in [1.82, 2.24) is 25.0 Å². The van der Waals surface area contributed by atoms with Crippen LogP contribution in [0, 0.1) is 6.92 Å². The maximum absolute atomic E-state index is 12.8. The molecule has 1 N–H and O–H groups in total. The SMILES string of the molecule is Cc1cccc(-c2ocnc2C(=O)Nc2cnn(Cc3cnc(C(C)O[Si](C)(C)C(C)(C)C)o3)n2)c1. The number of nitrogens with one attached hydrogen (secondary N) is 1. The van der Waals surface area contributed by atoms with Gasteiger partial charge in [-0.2, -0.15) is 9.90 Å². The summed E-state index contributed by atoms with van der Waals surface area (Å²) in [4.78, 5) is 22.7. The summed E-state index contributed by atoms with van der Waals surface area (Å²) >= 11 is 0. The predicted molar refractivity (Wildman–Crippen MR) is 137 cm³/mol. The van der Waals surface area contributed by atoms with E-state index >= 15 is 0 Å². The Morgan fingerprint density at radius 3 is 2.72 bits per heavy atom. The zero-order chi connectivity index (χ0) is 26.1. The lowest BCUT2D eigenvalue weighted by molar-refractivity contribution is 0.102. The molecule has 0 bridgehead atoms. The lowest BCUT2D eigenvalue weighted by atomic mass is 10.1. The van der Waals surface area contributed by atoms with Crippen LogP contribution in [0.25, 0.3) is 11.3 Å². The number of anilines is 1. The summed E-state index contributed by atoms with van der Waals surface area (Å²) < 4.78 is 17.8. The fourth-order valence-corrected chi connectivity index (χ4v) is 4.74. The monoisotopic (exact) mass is 508 g/mol. The number of benzene rings is 1. The molecular formula is C25H32N6O4Si. The molecule has 0 fully saturated rings. The molecule has 10 nitrogen and oxygen atoms in total. The molecule has 0 saturated heterocycles. The summed E-state index contributed by atoms with van der Waals surface area (Å²) in [5.74, 6) is 1.35. The third-order valence-corrected chi connectivity index (χ3v) is 10.9. The molecule has 1 aromatic carbocycles. The molecule has 0 saturated carbocycles. The highest BCUT2D eigenvalue weighted by atomic mass is 28.4. The normalized spacial score (nSPS) is 13.1. The highest BCUT2D eigenvalue weighted by Crippen LogP contribution is 2.39. The van der Waals surface area contributed by atoms with Crippen molar-refractivity contribution in [2.45, 2.75) is 65.4 Å². The molecule has 11 heteroatoms. The average Bonchev–Trinajstić information content (AvgIpc) is 3.54. The first-order chi connectivity index (χ1) is 16.9. The average molecular weight is 509 g/mol. The molecule has 1 unspecified atom stereocenters. The van der Waals surface area contributed by atoms with Gasteiger partial charge < -0.3 is 18.6 Å². The molecule has 36 heavy (non-hydrogen) atoms. The summed E-state index contributed by atoms with van der Waals surface area (Å²) in [6.07, 6.45) is 4.10. The van der Waals surface area contributed by atoms with E-state index in [0.717, 1.165) is 11.1 Å². The first kappa shape index (κ1) is 25.5. The third kappa shape index (κ3) is 5.63. The van der Waals surface area contributed by atoms with Crippen molar-refractivity contribution in [3.05, 3.63) is 66.0 Å². The van der Waals surface area contributed by atoms with Gasteiger partial charge >= 0.3 is 0 Å². The van der Waals surface area contributed by atoms with Gasteiger partial charge in [0.1, 0.15) is 18.4 Å². The van der Waals surface area contributed by atoms with Crippen molar-refractivity contribution in [2.24, 2.45) is 0 Å². The highest BCUT2D eigenvalue weighted by Gasteiger charge is 2.39. The Hall–Kier alpha value is -3.57. The number of aromatic nitrogens is 5. The molecule has 0 aliphatic carbocycles. The van der Waals surface area contributed by atoms with Gasteiger partial charge in [0, 0.05) is 5.56 Å². The van der Waals surface area contributed by atoms with Crippen LogP contribution in [0.2, 0.25) is 18.1 Å². The first-order valence-corrected chi connectivity index (χ1v) is 14.7. The van der Waals surface area contributed by atoms with Crippen molar-refractivity contribution >= 4 is 20.0 Å². The number of aryl methyl sites for hydroxylation is 1. The maximum Gasteiger partial charge on any atom is 0.279 e. The minimum atomic E-state index is -1.96. The quantitative estimate of drug-likeness (QED) is 0.305. The topological polar surface area (TPSA) is 121 Å². The number of nitrogens with zero attached hydrogens (tertiary/aromatic N) is 5. The van der Waals surface area contributed by atoms with Gasteiger partial charge in [-0.05, 0) is 38.0 Å². The van der Waals surface area contributed by atoms with Gasteiger partial charge in [-0.25, -0.2) is 9.97 Å². The van der Waals surface area contributed by atoms with Crippen LogP contribution in [0.3, 0.4) is 0 Å². The molecule has 3 aromatic heterocycles. The summed E-state index contributed by atoms with van der Waals surface area (Å²) in [6, 6.07) is 7.66.